The second kappa shape index (κ2) is 4.77. The number of nitrogens with zero attached hydrogens (tertiary/aromatic N) is 4. The third-order valence-electron chi connectivity index (χ3n) is 2.48. The standard InChI is InChI=1S/C11H14N4O2S/c1-7-9(10(16)17)18-11(13-7)14(2)5-8-4-12-15(3)6-8/h4,6H,5H2,1-3H3,(H,16,17). The van der Waals surface area contributed by atoms with Gasteiger partial charge in [0.15, 0.2) is 5.13 Å². The molecule has 0 aliphatic rings. The van der Waals surface area contributed by atoms with E-state index in [9.17, 15) is 4.79 Å². The van der Waals surface area contributed by atoms with Gasteiger partial charge in [0.2, 0.25) is 0 Å². The van der Waals surface area contributed by atoms with Crippen LogP contribution in [0, 0.1) is 6.92 Å². The fourth-order valence-electron chi connectivity index (χ4n) is 1.64. The van der Waals surface area contributed by atoms with Gasteiger partial charge in [-0.05, 0) is 6.92 Å². The van der Waals surface area contributed by atoms with Crippen LogP contribution in [0.3, 0.4) is 0 Å². The first kappa shape index (κ1) is 12.6. The van der Waals surface area contributed by atoms with Gasteiger partial charge in [-0.3, -0.25) is 4.68 Å². The van der Waals surface area contributed by atoms with E-state index in [2.05, 4.69) is 10.1 Å². The Morgan fingerprint density at radius 3 is 2.83 bits per heavy atom. The summed E-state index contributed by atoms with van der Waals surface area (Å²) < 4.78 is 1.74. The molecule has 0 saturated heterocycles. The second-order valence-corrected chi connectivity index (χ2v) is 5.07. The van der Waals surface area contributed by atoms with Crippen molar-refractivity contribution in [3.05, 3.63) is 28.5 Å². The maximum absolute atomic E-state index is 11.0. The van der Waals surface area contributed by atoms with Crippen molar-refractivity contribution in [2.45, 2.75) is 13.5 Å². The van der Waals surface area contributed by atoms with Crippen LogP contribution in [0.4, 0.5) is 5.13 Å². The molecule has 96 valence electrons. The summed E-state index contributed by atoms with van der Waals surface area (Å²) in [4.78, 5) is 17.4. The molecule has 0 saturated carbocycles. The van der Waals surface area contributed by atoms with E-state index in [1.54, 1.807) is 17.8 Å². The Morgan fingerprint density at radius 2 is 2.33 bits per heavy atom. The first-order chi connectivity index (χ1) is 8.47. The molecule has 2 aromatic heterocycles. The van der Waals surface area contributed by atoms with Crippen molar-refractivity contribution >= 4 is 22.4 Å². The minimum Gasteiger partial charge on any atom is -0.477 e. The van der Waals surface area contributed by atoms with E-state index in [0.29, 0.717) is 22.2 Å². The molecule has 0 amide bonds. The zero-order chi connectivity index (χ0) is 13.3. The Balaban J connectivity index is 2.16. The highest BCUT2D eigenvalue weighted by atomic mass is 32.1. The fraction of sp³-hybridized carbons (Fsp3) is 0.364. The van der Waals surface area contributed by atoms with Crippen LogP contribution in [0.5, 0.6) is 0 Å². The van der Waals surface area contributed by atoms with Crippen molar-refractivity contribution in [3.8, 4) is 0 Å². The molecule has 2 rings (SSSR count). The third kappa shape index (κ3) is 2.51. The van der Waals surface area contributed by atoms with Crippen LogP contribution in [0.1, 0.15) is 20.9 Å². The van der Waals surface area contributed by atoms with Gasteiger partial charge in [-0.15, -0.1) is 0 Å². The van der Waals surface area contributed by atoms with Crippen LogP contribution >= 0.6 is 11.3 Å². The van der Waals surface area contributed by atoms with E-state index >= 15 is 0 Å². The van der Waals surface area contributed by atoms with Gasteiger partial charge in [-0.1, -0.05) is 11.3 Å². The van der Waals surface area contributed by atoms with Crippen molar-refractivity contribution in [2.24, 2.45) is 7.05 Å². The number of carbonyl (C=O) groups is 1. The van der Waals surface area contributed by atoms with Gasteiger partial charge in [0.05, 0.1) is 11.9 Å². The molecule has 0 spiro atoms. The normalized spacial score (nSPS) is 10.6. The van der Waals surface area contributed by atoms with E-state index in [1.165, 1.54) is 11.3 Å². The SMILES string of the molecule is Cc1nc(N(C)Cc2cnn(C)c2)sc1C(=O)O. The van der Waals surface area contributed by atoms with Crippen molar-refractivity contribution < 1.29 is 9.90 Å². The molecule has 18 heavy (non-hydrogen) atoms. The molecular formula is C11H14N4O2S. The Morgan fingerprint density at radius 1 is 1.61 bits per heavy atom. The van der Waals surface area contributed by atoms with E-state index in [-0.39, 0.29) is 0 Å². The molecule has 0 bridgehead atoms. The van der Waals surface area contributed by atoms with Crippen LogP contribution in [0.2, 0.25) is 0 Å². The average Bonchev–Trinajstić information content (AvgIpc) is 2.85. The Labute approximate surface area is 108 Å². The minimum atomic E-state index is -0.925. The monoisotopic (exact) mass is 266 g/mol. The molecule has 7 heteroatoms. The summed E-state index contributed by atoms with van der Waals surface area (Å²) in [5.41, 5.74) is 1.62. The van der Waals surface area contributed by atoms with Gasteiger partial charge < -0.3 is 10.0 Å². The maximum atomic E-state index is 11.0. The number of anilines is 1. The van der Waals surface area contributed by atoms with Crippen molar-refractivity contribution in [2.75, 3.05) is 11.9 Å². The molecule has 0 aliphatic heterocycles. The van der Waals surface area contributed by atoms with E-state index in [0.717, 1.165) is 5.56 Å². The number of aromatic carboxylic acids is 1. The lowest BCUT2D eigenvalue weighted by atomic mass is 10.3. The lowest BCUT2D eigenvalue weighted by Gasteiger charge is -2.13. The molecule has 0 unspecified atom stereocenters. The molecule has 2 heterocycles. The van der Waals surface area contributed by atoms with Crippen LogP contribution in [0.15, 0.2) is 12.4 Å². The molecule has 0 fully saturated rings. The van der Waals surface area contributed by atoms with Crippen LogP contribution in [-0.4, -0.2) is 32.9 Å². The summed E-state index contributed by atoms with van der Waals surface area (Å²) in [6, 6.07) is 0. The minimum absolute atomic E-state index is 0.294. The Hall–Kier alpha value is -1.89. The second-order valence-electron chi connectivity index (χ2n) is 4.09. The number of carboxylic acids is 1. The Bertz CT molecular complexity index is 575. The van der Waals surface area contributed by atoms with Gasteiger partial charge in [0.1, 0.15) is 4.88 Å². The first-order valence-corrected chi connectivity index (χ1v) is 6.18. The number of aromatic nitrogens is 3. The largest absolute Gasteiger partial charge is 0.477 e. The number of rotatable bonds is 4. The average molecular weight is 266 g/mol. The third-order valence-corrected chi connectivity index (χ3v) is 3.74. The first-order valence-electron chi connectivity index (χ1n) is 5.36. The molecule has 0 radical (unpaired) electrons. The summed E-state index contributed by atoms with van der Waals surface area (Å²) in [7, 11) is 3.75. The summed E-state index contributed by atoms with van der Waals surface area (Å²) in [6.45, 7) is 2.36. The van der Waals surface area contributed by atoms with Crippen LogP contribution < -0.4 is 4.90 Å². The summed E-state index contributed by atoms with van der Waals surface area (Å²) in [6.07, 6.45) is 3.71. The summed E-state index contributed by atoms with van der Waals surface area (Å²) in [5.74, 6) is -0.925. The number of thiazole rings is 1. The topological polar surface area (TPSA) is 71.2 Å². The zero-order valence-electron chi connectivity index (χ0n) is 10.4. The van der Waals surface area contributed by atoms with Gasteiger partial charge in [0, 0.05) is 32.4 Å². The van der Waals surface area contributed by atoms with E-state index in [1.807, 2.05) is 25.2 Å². The highest BCUT2D eigenvalue weighted by Gasteiger charge is 2.16. The van der Waals surface area contributed by atoms with Crippen LogP contribution in [-0.2, 0) is 13.6 Å². The maximum Gasteiger partial charge on any atom is 0.347 e. The molecule has 0 atom stereocenters. The Kier molecular flexibility index (Phi) is 3.33. The predicted molar refractivity (Wildman–Crippen MR) is 69.1 cm³/mol. The van der Waals surface area contributed by atoms with E-state index in [4.69, 9.17) is 5.11 Å². The number of hydrogen-bond donors (Lipinski definition) is 1. The highest BCUT2D eigenvalue weighted by molar-refractivity contribution is 7.17. The fourth-order valence-corrected chi connectivity index (χ4v) is 2.51. The molecule has 0 aromatic carbocycles. The van der Waals surface area contributed by atoms with E-state index < -0.39 is 5.97 Å². The van der Waals surface area contributed by atoms with Gasteiger partial charge in [0.25, 0.3) is 0 Å². The molecule has 0 aliphatic carbocycles. The van der Waals surface area contributed by atoms with Crippen LogP contribution in [0.25, 0.3) is 0 Å². The lowest BCUT2D eigenvalue weighted by molar-refractivity contribution is 0.0701. The molecule has 6 nitrogen and oxygen atoms in total. The quantitative estimate of drug-likeness (QED) is 0.908. The predicted octanol–water partition coefficient (Wildman–Crippen LogP) is 1.52. The number of hydrogen-bond acceptors (Lipinski definition) is 5. The number of carboxylic acid groups (broad SMARTS) is 1. The lowest BCUT2D eigenvalue weighted by Crippen LogP contribution is -2.15. The molecule has 2 aromatic rings. The zero-order valence-corrected chi connectivity index (χ0v) is 11.2. The summed E-state index contributed by atoms with van der Waals surface area (Å²) in [5, 5.41) is 13.8. The van der Waals surface area contributed by atoms with Gasteiger partial charge in [-0.25, -0.2) is 9.78 Å². The van der Waals surface area contributed by atoms with Crippen molar-refractivity contribution in [3.63, 3.8) is 0 Å². The molecular weight excluding hydrogens is 252 g/mol. The molecule has 1 N–H and O–H groups in total. The van der Waals surface area contributed by atoms with Gasteiger partial charge >= 0.3 is 5.97 Å². The highest BCUT2D eigenvalue weighted by Crippen LogP contribution is 2.26. The summed E-state index contributed by atoms with van der Waals surface area (Å²) >= 11 is 1.19. The van der Waals surface area contributed by atoms with Crippen molar-refractivity contribution in [1.82, 2.24) is 14.8 Å². The number of aryl methyl sites for hydroxylation is 2. The van der Waals surface area contributed by atoms with Gasteiger partial charge in [-0.2, -0.15) is 5.10 Å². The smallest absolute Gasteiger partial charge is 0.347 e. The van der Waals surface area contributed by atoms with Crippen molar-refractivity contribution in [1.29, 1.82) is 0 Å².